The standard InChI is InChI=1S/C19H16ClNO4S/c1-24-15-8-13(14(20)10-16(15)25-2)9-17-18(22)21(19(23)26-17)11-12-6-4-3-5-7-12/h3-10H,11H2,1-2H3. The second-order valence-corrected chi connectivity index (χ2v) is 6.88. The smallest absolute Gasteiger partial charge is 0.293 e. The predicted molar refractivity (Wildman–Crippen MR) is 103 cm³/mol. The second-order valence-electron chi connectivity index (χ2n) is 5.48. The van der Waals surface area contributed by atoms with Crippen LogP contribution in [-0.4, -0.2) is 30.3 Å². The Hall–Kier alpha value is -2.44. The van der Waals surface area contributed by atoms with Crippen LogP contribution >= 0.6 is 23.4 Å². The third-order valence-corrected chi connectivity index (χ3v) is 5.08. The van der Waals surface area contributed by atoms with Crippen LogP contribution in [0.5, 0.6) is 11.5 Å². The molecule has 5 nitrogen and oxygen atoms in total. The third-order valence-electron chi connectivity index (χ3n) is 3.85. The van der Waals surface area contributed by atoms with Crippen molar-refractivity contribution in [1.82, 2.24) is 4.90 Å². The van der Waals surface area contributed by atoms with E-state index in [1.807, 2.05) is 30.3 Å². The summed E-state index contributed by atoms with van der Waals surface area (Å²) >= 11 is 7.16. The van der Waals surface area contributed by atoms with Gasteiger partial charge >= 0.3 is 0 Å². The van der Waals surface area contributed by atoms with Gasteiger partial charge in [-0.2, -0.15) is 0 Å². The van der Waals surface area contributed by atoms with Crippen LogP contribution < -0.4 is 9.47 Å². The zero-order chi connectivity index (χ0) is 18.7. The van der Waals surface area contributed by atoms with E-state index in [4.69, 9.17) is 21.1 Å². The Labute approximate surface area is 160 Å². The molecule has 1 aliphatic heterocycles. The highest BCUT2D eigenvalue weighted by atomic mass is 35.5. The summed E-state index contributed by atoms with van der Waals surface area (Å²) < 4.78 is 10.5. The lowest BCUT2D eigenvalue weighted by atomic mass is 10.1. The highest BCUT2D eigenvalue weighted by Gasteiger charge is 2.35. The molecule has 0 saturated carbocycles. The van der Waals surface area contributed by atoms with E-state index in [0.717, 1.165) is 17.3 Å². The Morgan fingerprint density at radius 2 is 1.73 bits per heavy atom. The molecule has 1 aliphatic rings. The zero-order valence-corrected chi connectivity index (χ0v) is 15.8. The lowest BCUT2D eigenvalue weighted by Gasteiger charge is -2.12. The Bertz CT molecular complexity index is 883. The number of imide groups is 1. The number of rotatable bonds is 5. The molecule has 1 saturated heterocycles. The van der Waals surface area contributed by atoms with Gasteiger partial charge in [0.05, 0.1) is 30.7 Å². The van der Waals surface area contributed by atoms with E-state index in [0.29, 0.717) is 27.0 Å². The number of hydrogen-bond acceptors (Lipinski definition) is 5. The maximum absolute atomic E-state index is 12.6. The molecule has 2 aromatic carbocycles. The average molecular weight is 390 g/mol. The number of amides is 2. The normalized spacial score (nSPS) is 15.7. The minimum Gasteiger partial charge on any atom is -0.493 e. The van der Waals surface area contributed by atoms with Crippen LogP contribution in [0.2, 0.25) is 5.02 Å². The molecule has 26 heavy (non-hydrogen) atoms. The molecule has 3 rings (SSSR count). The van der Waals surface area contributed by atoms with Crippen molar-refractivity contribution in [2.24, 2.45) is 0 Å². The number of nitrogens with zero attached hydrogens (tertiary/aromatic N) is 1. The van der Waals surface area contributed by atoms with Crippen molar-refractivity contribution in [3.05, 3.63) is 63.5 Å². The Morgan fingerprint density at radius 1 is 1.08 bits per heavy atom. The fourth-order valence-corrected chi connectivity index (χ4v) is 3.56. The summed E-state index contributed by atoms with van der Waals surface area (Å²) in [6.07, 6.45) is 1.60. The molecule has 134 valence electrons. The van der Waals surface area contributed by atoms with E-state index in [-0.39, 0.29) is 17.7 Å². The number of halogens is 1. The van der Waals surface area contributed by atoms with Crippen molar-refractivity contribution in [3.8, 4) is 11.5 Å². The van der Waals surface area contributed by atoms with Crippen molar-refractivity contribution in [3.63, 3.8) is 0 Å². The summed E-state index contributed by atoms with van der Waals surface area (Å²) in [5.74, 6) is 0.646. The quantitative estimate of drug-likeness (QED) is 0.700. The molecule has 0 aliphatic carbocycles. The number of hydrogen-bond donors (Lipinski definition) is 0. The molecular formula is C19H16ClNO4S. The van der Waals surface area contributed by atoms with E-state index in [1.54, 1.807) is 18.2 Å². The molecule has 0 aromatic heterocycles. The van der Waals surface area contributed by atoms with Crippen molar-refractivity contribution in [2.45, 2.75) is 6.54 Å². The van der Waals surface area contributed by atoms with E-state index >= 15 is 0 Å². The van der Waals surface area contributed by atoms with E-state index in [2.05, 4.69) is 0 Å². The fraction of sp³-hybridized carbons (Fsp3) is 0.158. The molecule has 0 N–H and O–H groups in total. The first-order chi connectivity index (χ1) is 12.5. The number of thioether (sulfide) groups is 1. The topological polar surface area (TPSA) is 55.8 Å². The van der Waals surface area contributed by atoms with Gasteiger partial charge in [-0.1, -0.05) is 41.9 Å². The van der Waals surface area contributed by atoms with Crippen LogP contribution in [0.15, 0.2) is 47.4 Å². The van der Waals surface area contributed by atoms with Crippen molar-refractivity contribution in [2.75, 3.05) is 14.2 Å². The molecule has 1 heterocycles. The number of ether oxygens (including phenoxy) is 2. The van der Waals surface area contributed by atoms with Gasteiger partial charge in [0, 0.05) is 6.07 Å². The highest BCUT2D eigenvalue weighted by molar-refractivity contribution is 8.18. The first-order valence-electron chi connectivity index (χ1n) is 7.74. The number of benzene rings is 2. The number of methoxy groups -OCH3 is 2. The van der Waals surface area contributed by atoms with E-state index in [9.17, 15) is 9.59 Å². The largest absolute Gasteiger partial charge is 0.493 e. The molecule has 2 amide bonds. The van der Waals surface area contributed by atoms with E-state index in [1.165, 1.54) is 19.1 Å². The lowest BCUT2D eigenvalue weighted by molar-refractivity contribution is -0.123. The van der Waals surface area contributed by atoms with Crippen LogP contribution in [0.3, 0.4) is 0 Å². The van der Waals surface area contributed by atoms with Gasteiger partial charge in [-0.05, 0) is 35.0 Å². The molecule has 0 atom stereocenters. The SMILES string of the molecule is COc1cc(Cl)c(C=C2SC(=O)N(Cc3ccccc3)C2=O)cc1OC. The third kappa shape index (κ3) is 3.71. The van der Waals surface area contributed by atoms with Crippen molar-refractivity contribution < 1.29 is 19.1 Å². The minimum absolute atomic E-state index is 0.239. The van der Waals surface area contributed by atoms with Crippen LogP contribution in [0.1, 0.15) is 11.1 Å². The van der Waals surface area contributed by atoms with Gasteiger partial charge in [0.25, 0.3) is 11.1 Å². The summed E-state index contributed by atoms with van der Waals surface area (Å²) in [5.41, 5.74) is 1.47. The second kappa shape index (κ2) is 7.85. The molecule has 0 spiro atoms. The highest BCUT2D eigenvalue weighted by Crippen LogP contribution is 2.38. The van der Waals surface area contributed by atoms with Gasteiger partial charge in [0.2, 0.25) is 0 Å². The molecular weight excluding hydrogens is 374 g/mol. The molecule has 0 unspecified atom stereocenters. The summed E-state index contributed by atoms with van der Waals surface area (Å²) in [6, 6.07) is 12.7. The van der Waals surface area contributed by atoms with Crippen molar-refractivity contribution >= 4 is 40.6 Å². The molecule has 2 aromatic rings. The van der Waals surface area contributed by atoms with Gasteiger partial charge in [0.1, 0.15) is 0 Å². The van der Waals surface area contributed by atoms with Crippen LogP contribution in [0, 0.1) is 0 Å². The first kappa shape index (κ1) is 18.4. The molecule has 7 heteroatoms. The summed E-state index contributed by atoms with van der Waals surface area (Å²) in [7, 11) is 3.03. The molecule has 1 fully saturated rings. The van der Waals surface area contributed by atoms with E-state index < -0.39 is 0 Å². The van der Waals surface area contributed by atoms with Gasteiger partial charge in [0.15, 0.2) is 11.5 Å². The van der Waals surface area contributed by atoms with Gasteiger partial charge in [-0.15, -0.1) is 0 Å². The average Bonchev–Trinajstić information content (AvgIpc) is 2.91. The molecule has 0 bridgehead atoms. The van der Waals surface area contributed by atoms with Crippen LogP contribution in [-0.2, 0) is 11.3 Å². The van der Waals surface area contributed by atoms with Crippen LogP contribution in [0.4, 0.5) is 4.79 Å². The lowest BCUT2D eigenvalue weighted by Crippen LogP contribution is -2.27. The first-order valence-corrected chi connectivity index (χ1v) is 8.93. The van der Waals surface area contributed by atoms with Gasteiger partial charge in [-0.3, -0.25) is 14.5 Å². The van der Waals surface area contributed by atoms with Gasteiger partial charge in [-0.25, -0.2) is 0 Å². The number of carbonyl (C=O) groups excluding carboxylic acids is 2. The maximum atomic E-state index is 12.6. The maximum Gasteiger partial charge on any atom is 0.293 e. The Morgan fingerprint density at radius 3 is 2.38 bits per heavy atom. The summed E-state index contributed by atoms with van der Waals surface area (Å²) in [4.78, 5) is 26.4. The fourth-order valence-electron chi connectivity index (χ4n) is 2.52. The van der Waals surface area contributed by atoms with Crippen molar-refractivity contribution in [1.29, 1.82) is 0 Å². The Balaban J connectivity index is 1.88. The summed E-state index contributed by atoms with van der Waals surface area (Å²) in [5, 5.41) is 0.0965. The summed E-state index contributed by atoms with van der Waals surface area (Å²) in [6.45, 7) is 0.239. The Kier molecular flexibility index (Phi) is 5.54. The minimum atomic E-state index is -0.338. The number of carbonyl (C=O) groups is 2. The predicted octanol–water partition coefficient (Wildman–Crippen LogP) is 4.59. The monoisotopic (exact) mass is 389 g/mol. The molecule has 0 radical (unpaired) electrons. The van der Waals surface area contributed by atoms with Crippen LogP contribution in [0.25, 0.3) is 6.08 Å². The van der Waals surface area contributed by atoms with Gasteiger partial charge < -0.3 is 9.47 Å². The zero-order valence-electron chi connectivity index (χ0n) is 14.2.